The van der Waals surface area contributed by atoms with Crippen LogP contribution in [-0.2, 0) is 16.0 Å². The highest BCUT2D eigenvalue weighted by Gasteiger charge is 2.71. The predicted molar refractivity (Wildman–Crippen MR) is 133 cm³/mol. The molecule has 1 aliphatic heterocycles. The van der Waals surface area contributed by atoms with Crippen molar-refractivity contribution < 1.29 is 18.7 Å². The van der Waals surface area contributed by atoms with Gasteiger partial charge >= 0.3 is 6.09 Å². The molecular formula is C27H31FN4O3S. The molecule has 7 atom stereocenters. The van der Waals surface area contributed by atoms with Crippen LogP contribution in [0.1, 0.15) is 44.7 Å². The minimum absolute atomic E-state index is 0.0125. The summed E-state index contributed by atoms with van der Waals surface area (Å²) < 4.78 is 20.6. The molecule has 1 saturated heterocycles. The van der Waals surface area contributed by atoms with E-state index in [1.165, 1.54) is 17.4 Å². The maximum atomic E-state index is 14.9. The van der Waals surface area contributed by atoms with Gasteiger partial charge in [0.05, 0.1) is 16.0 Å². The summed E-state index contributed by atoms with van der Waals surface area (Å²) in [5, 5.41) is 13.5. The van der Waals surface area contributed by atoms with Crippen LogP contribution in [0.15, 0.2) is 24.4 Å². The van der Waals surface area contributed by atoms with Crippen LogP contribution >= 0.6 is 11.3 Å². The third kappa shape index (κ3) is 4.36. The van der Waals surface area contributed by atoms with E-state index in [9.17, 15) is 19.2 Å². The number of fused-ring (bicyclic) bond motifs is 5. The van der Waals surface area contributed by atoms with Gasteiger partial charge in [0, 0.05) is 18.7 Å². The molecule has 9 heteroatoms. The van der Waals surface area contributed by atoms with E-state index in [0.717, 1.165) is 21.9 Å². The Morgan fingerprint density at radius 3 is 2.72 bits per heavy atom. The fourth-order valence-electron chi connectivity index (χ4n) is 6.30. The highest BCUT2D eigenvalue weighted by molar-refractivity contribution is 7.15. The van der Waals surface area contributed by atoms with Crippen molar-refractivity contribution >= 4 is 23.3 Å². The van der Waals surface area contributed by atoms with E-state index >= 15 is 0 Å². The number of hydrogen-bond acceptors (Lipinski definition) is 6. The molecule has 2 amide bonds. The molecule has 3 aliphatic rings. The predicted octanol–water partition coefficient (Wildman–Crippen LogP) is 4.70. The van der Waals surface area contributed by atoms with Gasteiger partial charge in [-0.3, -0.25) is 9.69 Å². The molecule has 3 fully saturated rings. The number of thiazole rings is 1. The van der Waals surface area contributed by atoms with Crippen LogP contribution < -0.4 is 5.32 Å². The first-order valence-corrected chi connectivity index (χ1v) is 13.2. The van der Waals surface area contributed by atoms with E-state index in [-0.39, 0.29) is 24.3 Å². The van der Waals surface area contributed by atoms with Crippen molar-refractivity contribution in [3.8, 4) is 16.5 Å². The number of amides is 2. The zero-order chi connectivity index (χ0) is 25.9. The highest BCUT2D eigenvalue weighted by Crippen LogP contribution is 2.67. The summed E-state index contributed by atoms with van der Waals surface area (Å²) in [5.41, 5.74) is 0.396. The van der Waals surface area contributed by atoms with Crippen LogP contribution in [0.3, 0.4) is 0 Å². The van der Waals surface area contributed by atoms with E-state index in [4.69, 9.17) is 4.74 Å². The molecule has 1 aromatic heterocycles. The Labute approximate surface area is 214 Å². The standard InChI is InChI=1S/C27H31FN4O3S/c1-13-22-18-10-20(23(13)22)32(26(34)35-27(3,4)5)24(18)25(33)31-17(11-29)8-15-6-7-16(9-19(15)28)21-12-30-14(2)36-21/h6-7,9,12-13,17-18,20,22-24H,8,10H2,1-5H3,(H,31,33)/t13-,17-,18+,20-,22?,23?,24-/m0/s1. The van der Waals surface area contributed by atoms with E-state index in [1.807, 2.05) is 6.92 Å². The number of benzene rings is 1. The Balaban J connectivity index is 1.31. The number of nitrogens with one attached hydrogen (secondary N) is 1. The van der Waals surface area contributed by atoms with E-state index < -0.39 is 29.6 Å². The number of aryl methyl sites for hydroxylation is 1. The van der Waals surface area contributed by atoms with Crippen molar-refractivity contribution in [2.24, 2.45) is 23.7 Å². The molecule has 2 heterocycles. The fourth-order valence-corrected chi connectivity index (χ4v) is 7.08. The number of piperidine rings is 1. The largest absolute Gasteiger partial charge is 0.444 e. The third-order valence-corrected chi connectivity index (χ3v) is 8.72. The highest BCUT2D eigenvalue weighted by atomic mass is 32.1. The van der Waals surface area contributed by atoms with Crippen LogP contribution in [-0.4, -0.2) is 45.6 Å². The normalized spacial score (nSPS) is 28.9. The maximum absolute atomic E-state index is 14.9. The molecule has 1 aromatic carbocycles. The van der Waals surface area contributed by atoms with Gasteiger partial charge in [-0.1, -0.05) is 19.1 Å². The lowest BCUT2D eigenvalue weighted by Crippen LogP contribution is -2.56. The Hall–Kier alpha value is -2.99. The number of nitrogens with zero attached hydrogens (tertiary/aromatic N) is 3. The van der Waals surface area contributed by atoms with Crippen molar-refractivity contribution in [2.75, 3.05) is 0 Å². The van der Waals surface area contributed by atoms with Crippen LogP contribution in [0.2, 0.25) is 0 Å². The number of rotatable bonds is 5. The first-order chi connectivity index (χ1) is 17.0. The lowest BCUT2D eigenvalue weighted by Gasteiger charge is -2.35. The van der Waals surface area contributed by atoms with Crippen LogP contribution in [0.25, 0.3) is 10.4 Å². The molecule has 2 unspecified atom stereocenters. The number of aromatic nitrogens is 1. The number of carbonyl (C=O) groups excluding carboxylic acids is 2. The lowest BCUT2D eigenvalue weighted by molar-refractivity contribution is -0.128. The fraction of sp³-hybridized carbons (Fsp3) is 0.556. The van der Waals surface area contributed by atoms with E-state index in [2.05, 4.69) is 23.3 Å². The molecule has 0 spiro atoms. The van der Waals surface area contributed by atoms with Gasteiger partial charge in [-0.2, -0.15) is 5.26 Å². The molecule has 2 aliphatic carbocycles. The zero-order valence-corrected chi connectivity index (χ0v) is 21.9. The van der Waals surface area contributed by atoms with Crippen LogP contribution in [0, 0.1) is 47.7 Å². The van der Waals surface area contributed by atoms with Crippen molar-refractivity contribution in [3.05, 3.63) is 40.8 Å². The zero-order valence-electron chi connectivity index (χ0n) is 21.1. The monoisotopic (exact) mass is 510 g/mol. The number of likely N-dealkylation sites (tertiary alicyclic amines) is 1. The topological polar surface area (TPSA) is 95.3 Å². The quantitative estimate of drug-likeness (QED) is 0.629. The summed E-state index contributed by atoms with van der Waals surface area (Å²) in [6, 6.07) is 5.38. The Morgan fingerprint density at radius 2 is 2.11 bits per heavy atom. The molecule has 5 rings (SSSR count). The van der Waals surface area contributed by atoms with E-state index in [1.54, 1.807) is 44.0 Å². The van der Waals surface area contributed by atoms with Crippen molar-refractivity contribution in [2.45, 2.75) is 71.2 Å². The number of carbonyl (C=O) groups is 2. The van der Waals surface area contributed by atoms with Crippen molar-refractivity contribution in [3.63, 3.8) is 0 Å². The van der Waals surface area contributed by atoms with Crippen LogP contribution in [0.5, 0.6) is 0 Å². The minimum atomic E-state index is -0.921. The second-order valence-electron chi connectivity index (χ2n) is 11.3. The average Bonchev–Trinajstić information content (AvgIpc) is 3.17. The second-order valence-corrected chi connectivity index (χ2v) is 12.5. The number of ether oxygens (including phenoxy) is 1. The lowest BCUT2D eigenvalue weighted by atomic mass is 9.94. The summed E-state index contributed by atoms with van der Waals surface area (Å²) in [7, 11) is 0. The van der Waals surface area contributed by atoms with Gasteiger partial charge < -0.3 is 10.1 Å². The van der Waals surface area contributed by atoms with Gasteiger partial charge in [-0.05, 0) is 75.0 Å². The summed E-state index contributed by atoms with van der Waals surface area (Å²) >= 11 is 1.48. The minimum Gasteiger partial charge on any atom is -0.444 e. The molecule has 2 saturated carbocycles. The third-order valence-electron chi connectivity index (χ3n) is 7.76. The molecule has 7 nitrogen and oxygen atoms in total. The first-order valence-electron chi connectivity index (χ1n) is 12.4. The van der Waals surface area contributed by atoms with Gasteiger partial charge in [-0.15, -0.1) is 11.3 Å². The Kier molecular flexibility index (Phi) is 6.06. The molecule has 2 bridgehead atoms. The van der Waals surface area contributed by atoms with Gasteiger partial charge in [0.1, 0.15) is 23.5 Å². The average molecular weight is 511 g/mol. The molecular weight excluding hydrogens is 479 g/mol. The maximum Gasteiger partial charge on any atom is 0.411 e. The van der Waals surface area contributed by atoms with Gasteiger partial charge in [0.15, 0.2) is 0 Å². The van der Waals surface area contributed by atoms with Gasteiger partial charge in [-0.25, -0.2) is 14.2 Å². The van der Waals surface area contributed by atoms with E-state index in [0.29, 0.717) is 23.3 Å². The summed E-state index contributed by atoms with van der Waals surface area (Å²) in [4.78, 5) is 33.2. The Bertz CT molecular complexity index is 1250. The number of nitriles is 1. The molecule has 2 aromatic rings. The molecule has 1 N–H and O–H groups in total. The SMILES string of the molecule is Cc1ncc(-c2ccc(C[C@@H](C#N)NC(=O)[C@@H]3[C@@H]4C[C@@H](C5C4[C@@H]5C)N3C(=O)OC(C)(C)C)c(F)c2)s1. The molecule has 36 heavy (non-hydrogen) atoms. The van der Waals surface area contributed by atoms with Crippen LogP contribution in [0.4, 0.5) is 9.18 Å². The van der Waals surface area contributed by atoms with Crippen molar-refractivity contribution in [1.29, 1.82) is 5.26 Å². The molecule has 190 valence electrons. The van der Waals surface area contributed by atoms with Gasteiger partial charge in [0.25, 0.3) is 0 Å². The summed E-state index contributed by atoms with van der Waals surface area (Å²) in [6.45, 7) is 9.47. The second kappa shape index (κ2) is 8.84. The first kappa shape index (κ1) is 24.7. The smallest absolute Gasteiger partial charge is 0.411 e. The van der Waals surface area contributed by atoms with Crippen molar-refractivity contribution in [1.82, 2.24) is 15.2 Å². The number of hydrogen-bond donors (Lipinski definition) is 1. The number of halogens is 1. The molecule has 0 radical (unpaired) electrons. The Morgan fingerprint density at radius 1 is 1.36 bits per heavy atom. The summed E-state index contributed by atoms with van der Waals surface area (Å²) in [6.07, 6.45) is 2.04. The van der Waals surface area contributed by atoms with Gasteiger partial charge in [0.2, 0.25) is 5.91 Å². The summed E-state index contributed by atoms with van der Waals surface area (Å²) in [5.74, 6) is 0.560.